The fourth-order valence-electron chi connectivity index (χ4n) is 3.18. The molecule has 2 saturated heterocycles. The molecule has 1 amide bonds. The number of thiazole rings is 1. The van der Waals surface area contributed by atoms with Gasteiger partial charge >= 0.3 is 0 Å². The van der Waals surface area contributed by atoms with Crippen molar-refractivity contribution < 1.29 is 4.79 Å². The number of amides is 1. The first-order chi connectivity index (χ1) is 8.66. The average Bonchev–Trinajstić information content (AvgIpc) is 2.94. The van der Waals surface area contributed by atoms with Gasteiger partial charge in [-0.3, -0.25) is 4.79 Å². The van der Waals surface area contributed by atoms with Crippen LogP contribution in [-0.4, -0.2) is 41.5 Å². The molecule has 1 aromatic heterocycles. The van der Waals surface area contributed by atoms with Crippen molar-refractivity contribution in [2.75, 3.05) is 19.6 Å². The molecule has 0 radical (unpaired) electrons. The summed E-state index contributed by atoms with van der Waals surface area (Å²) >= 11 is 1.53. The second-order valence-corrected chi connectivity index (χ2v) is 6.48. The Hall–Kier alpha value is -0.940. The molecule has 98 valence electrons. The molecule has 5 heteroatoms. The van der Waals surface area contributed by atoms with E-state index in [1.165, 1.54) is 17.8 Å². The number of carbonyl (C=O) groups excluding carboxylic acids is 1. The van der Waals surface area contributed by atoms with Crippen LogP contribution in [0.3, 0.4) is 0 Å². The number of carbonyl (C=O) groups is 1. The number of likely N-dealkylation sites (tertiary alicyclic amines) is 1. The second-order valence-electron chi connectivity index (χ2n) is 5.27. The molecule has 2 aliphatic rings. The standard InChI is InChI=1S/C13H19N3OS/c1-8-12(18-9(2)15-8)13(17)16-5-3-4-10-6-14-7-11(10)16/h10-11,14H,3-7H2,1-2H3. The van der Waals surface area contributed by atoms with E-state index in [4.69, 9.17) is 0 Å². The number of hydrogen-bond donors (Lipinski definition) is 1. The van der Waals surface area contributed by atoms with Gasteiger partial charge in [0.15, 0.2) is 0 Å². The summed E-state index contributed by atoms with van der Waals surface area (Å²) in [5.74, 6) is 0.841. The van der Waals surface area contributed by atoms with Gasteiger partial charge in [0.25, 0.3) is 5.91 Å². The molecule has 18 heavy (non-hydrogen) atoms. The lowest BCUT2D eigenvalue weighted by molar-refractivity contribution is 0.0579. The molecule has 1 N–H and O–H groups in total. The summed E-state index contributed by atoms with van der Waals surface area (Å²) in [7, 11) is 0. The lowest BCUT2D eigenvalue weighted by atomic mass is 9.92. The van der Waals surface area contributed by atoms with Crippen LogP contribution in [0.25, 0.3) is 0 Å². The van der Waals surface area contributed by atoms with Crippen molar-refractivity contribution in [2.45, 2.75) is 32.7 Å². The summed E-state index contributed by atoms with van der Waals surface area (Å²) in [4.78, 5) is 19.9. The first-order valence-corrected chi connectivity index (χ1v) is 7.44. The number of rotatable bonds is 1. The van der Waals surface area contributed by atoms with E-state index in [0.29, 0.717) is 12.0 Å². The van der Waals surface area contributed by atoms with Crippen LogP contribution in [0.5, 0.6) is 0 Å². The minimum Gasteiger partial charge on any atom is -0.333 e. The number of aromatic nitrogens is 1. The van der Waals surface area contributed by atoms with Gasteiger partial charge in [0, 0.05) is 25.7 Å². The van der Waals surface area contributed by atoms with Gasteiger partial charge in [0.05, 0.1) is 10.7 Å². The van der Waals surface area contributed by atoms with Gasteiger partial charge in [0.1, 0.15) is 4.88 Å². The summed E-state index contributed by atoms with van der Waals surface area (Å²) in [6.45, 7) is 6.82. The van der Waals surface area contributed by atoms with Crippen molar-refractivity contribution in [3.05, 3.63) is 15.6 Å². The van der Waals surface area contributed by atoms with Gasteiger partial charge < -0.3 is 10.2 Å². The molecule has 1 aromatic rings. The first-order valence-electron chi connectivity index (χ1n) is 6.62. The Morgan fingerprint density at radius 3 is 3.00 bits per heavy atom. The second kappa shape index (κ2) is 4.63. The summed E-state index contributed by atoms with van der Waals surface area (Å²) < 4.78 is 0. The van der Waals surface area contributed by atoms with Crippen molar-refractivity contribution in [1.29, 1.82) is 0 Å². The average molecular weight is 265 g/mol. The topological polar surface area (TPSA) is 45.2 Å². The Balaban J connectivity index is 1.85. The number of hydrogen-bond acceptors (Lipinski definition) is 4. The fourth-order valence-corrected chi connectivity index (χ4v) is 4.06. The predicted octanol–water partition coefficient (Wildman–Crippen LogP) is 1.58. The van der Waals surface area contributed by atoms with E-state index in [0.717, 1.165) is 41.6 Å². The van der Waals surface area contributed by atoms with Crippen LogP contribution in [0.15, 0.2) is 0 Å². The zero-order valence-corrected chi connectivity index (χ0v) is 11.7. The summed E-state index contributed by atoms with van der Waals surface area (Å²) in [6, 6.07) is 0.396. The van der Waals surface area contributed by atoms with Crippen molar-refractivity contribution >= 4 is 17.2 Å². The largest absolute Gasteiger partial charge is 0.333 e. The number of nitrogens with one attached hydrogen (secondary N) is 1. The molecule has 0 aromatic carbocycles. The molecular weight excluding hydrogens is 246 g/mol. The Morgan fingerprint density at radius 2 is 2.28 bits per heavy atom. The molecule has 3 rings (SSSR count). The molecule has 0 saturated carbocycles. The van der Waals surface area contributed by atoms with Crippen LogP contribution >= 0.6 is 11.3 Å². The molecular formula is C13H19N3OS. The van der Waals surface area contributed by atoms with Crippen LogP contribution in [0.2, 0.25) is 0 Å². The Kier molecular flexibility index (Phi) is 3.11. The third-order valence-electron chi connectivity index (χ3n) is 4.04. The van der Waals surface area contributed by atoms with Gasteiger partial charge in [0.2, 0.25) is 0 Å². The van der Waals surface area contributed by atoms with E-state index in [9.17, 15) is 4.79 Å². The van der Waals surface area contributed by atoms with E-state index < -0.39 is 0 Å². The third kappa shape index (κ3) is 1.95. The van der Waals surface area contributed by atoms with Gasteiger partial charge in [-0.2, -0.15) is 0 Å². The molecule has 4 nitrogen and oxygen atoms in total. The van der Waals surface area contributed by atoms with Gasteiger partial charge in [-0.15, -0.1) is 11.3 Å². The molecule has 2 unspecified atom stereocenters. The normalized spacial score (nSPS) is 27.3. The van der Waals surface area contributed by atoms with Crippen molar-refractivity contribution in [3.63, 3.8) is 0 Å². The number of nitrogens with zero attached hydrogens (tertiary/aromatic N) is 2. The quantitative estimate of drug-likeness (QED) is 0.838. The zero-order valence-electron chi connectivity index (χ0n) is 10.9. The molecule has 0 bridgehead atoms. The summed E-state index contributed by atoms with van der Waals surface area (Å²) in [5.41, 5.74) is 0.885. The highest BCUT2D eigenvalue weighted by Crippen LogP contribution is 2.29. The van der Waals surface area contributed by atoms with Crippen molar-refractivity contribution in [3.8, 4) is 0 Å². The molecule has 2 aliphatic heterocycles. The number of aryl methyl sites for hydroxylation is 2. The zero-order chi connectivity index (χ0) is 12.7. The SMILES string of the molecule is Cc1nc(C)c(C(=O)N2CCCC3CNCC32)s1. The third-order valence-corrected chi connectivity index (χ3v) is 5.10. The first kappa shape index (κ1) is 12.1. The lowest BCUT2D eigenvalue weighted by Crippen LogP contribution is -2.48. The van der Waals surface area contributed by atoms with Crippen LogP contribution in [0.4, 0.5) is 0 Å². The van der Waals surface area contributed by atoms with Crippen molar-refractivity contribution in [2.24, 2.45) is 5.92 Å². The molecule has 2 fully saturated rings. The van der Waals surface area contributed by atoms with E-state index in [1.54, 1.807) is 0 Å². The Labute approximate surface area is 111 Å². The van der Waals surface area contributed by atoms with Crippen LogP contribution < -0.4 is 5.32 Å². The highest BCUT2D eigenvalue weighted by atomic mass is 32.1. The maximum atomic E-state index is 12.6. The molecule has 2 atom stereocenters. The number of piperidine rings is 1. The highest BCUT2D eigenvalue weighted by molar-refractivity contribution is 7.13. The maximum Gasteiger partial charge on any atom is 0.266 e. The lowest BCUT2D eigenvalue weighted by Gasteiger charge is -2.36. The predicted molar refractivity (Wildman–Crippen MR) is 72.0 cm³/mol. The van der Waals surface area contributed by atoms with Gasteiger partial charge in [-0.1, -0.05) is 0 Å². The van der Waals surface area contributed by atoms with Crippen LogP contribution in [0, 0.1) is 19.8 Å². The summed E-state index contributed by atoms with van der Waals surface area (Å²) in [5, 5.41) is 4.39. The molecule has 3 heterocycles. The van der Waals surface area contributed by atoms with E-state index >= 15 is 0 Å². The smallest absolute Gasteiger partial charge is 0.266 e. The summed E-state index contributed by atoms with van der Waals surface area (Å²) in [6.07, 6.45) is 2.38. The van der Waals surface area contributed by atoms with E-state index in [2.05, 4.69) is 15.2 Å². The molecule has 0 spiro atoms. The van der Waals surface area contributed by atoms with Crippen LogP contribution in [0.1, 0.15) is 33.2 Å². The monoisotopic (exact) mass is 265 g/mol. The van der Waals surface area contributed by atoms with Crippen molar-refractivity contribution in [1.82, 2.24) is 15.2 Å². The van der Waals surface area contributed by atoms with Gasteiger partial charge in [-0.25, -0.2) is 4.98 Å². The Morgan fingerprint density at radius 1 is 1.44 bits per heavy atom. The highest BCUT2D eigenvalue weighted by Gasteiger charge is 2.38. The minimum atomic E-state index is 0.191. The van der Waals surface area contributed by atoms with E-state index in [-0.39, 0.29) is 5.91 Å². The fraction of sp³-hybridized carbons (Fsp3) is 0.692. The van der Waals surface area contributed by atoms with Gasteiger partial charge in [-0.05, 0) is 32.6 Å². The van der Waals surface area contributed by atoms with Crippen LogP contribution in [-0.2, 0) is 0 Å². The molecule has 0 aliphatic carbocycles. The maximum absolute atomic E-state index is 12.6. The Bertz CT molecular complexity index is 471. The number of fused-ring (bicyclic) bond motifs is 1. The minimum absolute atomic E-state index is 0.191. The van der Waals surface area contributed by atoms with E-state index in [1.807, 2.05) is 13.8 Å².